The average Bonchev–Trinajstić information content (AvgIpc) is 3.35. The Bertz CT molecular complexity index is 1500. The standard InChI is InChI=1S/C33H35N5O3S/c1-3-22-14-16-24(17-15-22)35-32(41)28(4-2)42-33-36-26-13-9-8-12-25(26)30-37-31(40)27(38(30)33)18-19-29(39)34-21-20-23-10-6-5-7-11-23/h5-17,27-28H,3-4,18-21H2,1-2H3,(H,34,39)(H,35,41). The molecule has 5 rings (SSSR count). The van der Waals surface area contributed by atoms with Crippen molar-refractivity contribution in [2.75, 3.05) is 11.9 Å². The fourth-order valence-corrected chi connectivity index (χ4v) is 6.07. The number of hydrogen-bond acceptors (Lipinski definition) is 6. The molecule has 3 aromatic carbocycles. The van der Waals surface area contributed by atoms with Gasteiger partial charge in [-0.3, -0.25) is 19.3 Å². The molecule has 0 saturated carbocycles. The summed E-state index contributed by atoms with van der Waals surface area (Å²) < 4.78 is 0. The lowest BCUT2D eigenvalue weighted by molar-refractivity contribution is -0.122. The molecule has 0 fully saturated rings. The van der Waals surface area contributed by atoms with E-state index in [1.165, 1.54) is 17.3 Å². The minimum Gasteiger partial charge on any atom is -0.356 e. The van der Waals surface area contributed by atoms with E-state index in [0.29, 0.717) is 29.7 Å². The number of thioether (sulfide) groups is 1. The number of carbonyl (C=O) groups excluding carboxylic acids is 3. The molecule has 0 bridgehead atoms. The molecule has 2 atom stereocenters. The van der Waals surface area contributed by atoms with Crippen LogP contribution in [0.25, 0.3) is 0 Å². The molecule has 3 aromatic rings. The molecule has 216 valence electrons. The van der Waals surface area contributed by atoms with Crippen molar-refractivity contribution in [2.24, 2.45) is 9.98 Å². The molecule has 0 spiro atoms. The second kappa shape index (κ2) is 13.6. The number of nitrogens with one attached hydrogen (secondary N) is 2. The zero-order valence-electron chi connectivity index (χ0n) is 23.9. The third kappa shape index (κ3) is 6.79. The number of carbonyl (C=O) groups is 3. The van der Waals surface area contributed by atoms with Gasteiger partial charge in [0.1, 0.15) is 11.9 Å². The van der Waals surface area contributed by atoms with E-state index in [4.69, 9.17) is 4.99 Å². The first kappa shape index (κ1) is 29.3. The lowest BCUT2D eigenvalue weighted by Crippen LogP contribution is -2.45. The fraction of sp³-hybridized carbons (Fsp3) is 0.303. The van der Waals surface area contributed by atoms with Gasteiger partial charge in [-0.1, -0.05) is 80.2 Å². The van der Waals surface area contributed by atoms with Crippen molar-refractivity contribution in [1.29, 1.82) is 0 Å². The van der Waals surface area contributed by atoms with Crippen molar-refractivity contribution >= 4 is 51.9 Å². The number of amides is 3. The van der Waals surface area contributed by atoms with Gasteiger partial charge in [0.2, 0.25) is 11.8 Å². The number of nitrogens with zero attached hydrogens (tertiary/aromatic N) is 3. The molecule has 3 amide bonds. The topological polar surface area (TPSA) is 103 Å². The molecule has 42 heavy (non-hydrogen) atoms. The Morgan fingerprint density at radius 3 is 2.40 bits per heavy atom. The highest BCUT2D eigenvalue weighted by Gasteiger charge is 2.42. The van der Waals surface area contributed by atoms with Crippen molar-refractivity contribution in [3.63, 3.8) is 0 Å². The molecule has 2 unspecified atom stereocenters. The fourth-order valence-electron chi connectivity index (χ4n) is 5.00. The third-order valence-electron chi connectivity index (χ3n) is 7.37. The number of benzene rings is 3. The predicted octanol–water partition coefficient (Wildman–Crippen LogP) is 5.50. The Morgan fingerprint density at radius 2 is 1.67 bits per heavy atom. The second-order valence-electron chi connectivity index (χ2n) is 10.2. The van der Waals surface area contributed by atoms with E-state index in [1.54, 1.807) is 0 Å². The van der Waals surface area contributed by atoms with Crippen LogP contribution in [0, 0.1) is 0 Å². The highest BCUT2D eigenvalue weighted by Crippen LogP contribution is 2.37. The summed E-state index contributed by atoms with van der Waals surface area (Å²) in [5.74, 6) is -0.0316. The van der Waals surface area contributed by atoms with Gasteiger partial charge in [-0.2, -0.15) is 4.99 Å². The van der Waals surface area contributed by atoms with E-state index >= 15 is 0 Å². The Morgan fingerprint density at radius 1 is 0.929 bits per heavy atom. The van der Waals surface area contributed by atoms with Crippen LogP contribution in [0.15, 0.2) is 88.8 Å². The van der Waals surface area contributed by atoms with Gasteiger partial charge in [0, 0.05) is 24.2 Å². The molecule has 2 N–H and O–H groups in total. The van der Waals surface area contributed by atoms with Crippen molar-refractivity contribution in [3.8, 4) is 0 Å². The third-order valence-corrected chi connectivity index (χ3v) is 8.70. The maximum absolute atomic E-state index is 13.3. The summed E-state index contributed by atoms with van der Waals surface area (Å²) in [4.78, 5) is 50.3. The number of aryl methyl sites for hydroxylation is 1. The van der Waals surface area contributed by atoms with E-state index in [9.17, 15) is 14.4 Å². The summed E-state index contributed by atoms with van der Waals surface area (Å²) in [6.07, 6.45) is 2.69. The number of rotatable bonds is 11. The van der Waals surface area contributed by atoms with E-state index in [0.717, 1.165) is 29.7 Å². The van der Waals surface area contributed by atoms with Gasteiger partial charge in [-0.25, -0.2) is 4.99 Å². The first-order valence-corrected chi connectivity index (χ1v) is 15.3. The SMILES string of the molecule is CCc1ccc(NC(=O)C(CC)SC2=Nc3ccccc3C3=NC(=O)C(CCC(=O)NCCc4ccccc4)N23)cc1. The summed E-state index contributed by atoms with van der Waals surface area (Å²) in [6.45, 7) is 4.57. The van der Waals surface area contributed by atoms with Gasteiger partial charge >= 0.3 is 0 Å². The van der Waals surface area contributed by atoms with Gasteiger partial charge in [0.15, 0.2) is 5.17 Å². The zero-order valence-corrected chi connectivity index (χ0v) is 24.7. The quantitative estimate of drug-likeness (QED) is 0.311. The minimum atomic E-state index is -0.665. The molecule has 0 saturated heterocycles. The normalized spacial score (nSPS) is 16.2. The summed E-state index contributed by atoms with van der Waals surface area (Å²) in [6, 6.07) is 24.7. The number of anilines is 1. The maximum atomic E-state index is 13.3. The van der Waals surface area contributed by atoms with Gasteiger partial charge in [0.25, 0.3) is 5.91 Å². The lowest BCUT2D eigenvalue weighted by atomic mass is 10.1. The highest BCUT2D eigenvalue weighted by molar-refractivity contribution is 8.15. The van der Waals surface area contributed by atoms with Crippen LogP contribution in [-0.2, 0) is 27.2 Å². The van der Waals surface area contributed by atoms with Crippen molar-refractivity contribution in [3.05, 3.63) is 95.6 Å². The van der Waals surface area contributed by atoms with Gasteiger partial charge in [-0.05, 0) is 61.1 Å². The highest BCUT2D eigenvalue weighted by atomic mass is 32.2. The van der Waals surface area contributed by atoms with Crippen LogP contribution in [0.1, 0.15) is 49.8 Å². The summed E-state index contributed by atoms with van der Waals surface area (Å²) in [5, 5.41) is 6.07. The molecular weight excluding hydrogens is 546 g/mol. The van der Waals surface area contributed by atoms with Crippen LogP contribution >= 0.6 is 11.8 Å². The second-order valence-corrected chi connectivity index (χ2v) is 11.4. The minimum absolute atomic E-state index is 0.115. The van der Waals surface area contributed by atoms with Crippen LogP contribution in [0.5, 0.6) is 0 Å². The van der Waals surface area contributed by atoms with Gasteiger partial charge in [-0.15, -0.1) is 0 Å². The van der Waals surface area contributed by atoms with Crippen molar-refractivity contribution in [1.82, 2.24) is 10.2 Å². The van der Waals surface area contributed by atoms with Crippen molar-refractivity contribution in [2.45, 2.75) is 57.2 Å². The van der Waals surface area contributed by atoms with E-state index < -0.39 is 11.3 Å². The van der Waals surface area contributed by atoms with Gasteiger partial charge < -0.3 is 10.6 Å². The largest absolute Gasteiger partial charge is 0.356 e. The van der Waals surface area contributed by atoms with Gasteiger partial charge in [0.05, 0.1) is 10.9 Å². The summed E-state index contributed by atoms with van der Waals surface area (Å²) in [5.41, 5.74) is 4.55. The molecule has 8 nitrogen and oxygen atoms in total. The predicted molar refractivity (Wildman–Crippen MR) is 169 cm³/mol. The lowest BCUT2D eigenvalue weighted by Gasteiger charge is -2.32. The Hall–Kier alpha value is -4.24. The van der Waals surface area contributed by atoms with Crippen LogP contribution in [-0.4, -0.2) is 51.5 Å². The smallest absolute Gasteiger partial charge is 0.270 e. The summed E-state index contributed by atoms with van der Waals surface area (Å²) in [7, 11) is 0. The molecule has 2 aliphatic heterocycles. The van der Waals surface area contributed by atoms with Crippen LogP contribution in [0.3, 0.4) is 0 Å². The molecule has 2 heterocycles. The molecule has 0 aromatic heterocycles. The number of fused-ring (bicyclic) bond motifs is 3. The number of aliphatic imine (C=N–C) groups is 2. The molecule has 2 aliphatic rings. The molecule has 0 radical (unpaired) electrons. The molecule has 0 aliphatic carbocycles. The van der Waals surface area contributed by atoms with E-state index in [1.807, 2.05) is 90.7 Å². The Kier molecular flexibility index (Phi) is 9.48. The number of para-hydroxylation sites is 1. The maximum Gasteiger partial charge on any atom is 0.270 e. The Balaban J connectivity index is 1.28. The molecule has 9 heteroatoms. The number of hydrogen-bond donors (Lipinski definition) is 2. The van der Waals surface area contributed by atoms with E-state index in [2.05, 4.69) is 22.5 Å². The monoisotopic (exact) mass is 581 g/mol. The van der Waals surface area contributed by atoms with Crippen LogP contribution < -0.4 is 10.6 Å². The van der Waals surface area contributed by atoms with E-state index in [-0.39, 0.29) is 30.6 Å². The van der Waals surface area contributed by atoms with Crippen LogP contribution in [0.4, 0.5) is 11.4 Å². The molecular formula is C33H35N5O3S. The first-order valence-electron chi connectivity index (χ1n) is 14.4. The first-order chi connectivity index (χ1) is 20.5. The Labute approximate surface area is 250 Å². The number of amidine groups is 2. The van der Waals surface area contributed by atoms with Crippen LogP contribution in [0.2, 0.25) is 0 Å². The zero-order chi connectivity index (χ0) is 29.5. The summed E-state index contributed by atoms with van der Waals surface area (Å²) >= 11 is 1.32. The average molecular weight is 582 g/mol. The van der Waals surface area contributed by atoms with Crippen molar-refractivity contribution < 1.29 is 14.4 Å².